The van der Waals surface area contributed by atoms with Crippen LogP contribution in [0.25, 0.3) is 11.1 Å². The van der Waals surface area contributed by atoms with E-state index in [4.69, 9.17) is 19.6 Å². The molecule has 2 saturated heterocycles. The van der Waals surface area contributed by atoms with Gasteiger partial charge in [-0.25, -0.2) is 14.0 Å². The Labute approximate surface area is 292 Å². The number of alkyl halides is 4. The van der Waals surface area contributed by atoms with Gasteiger partial charge in [0.25, 0.3) is 5.91 Å². The van der Waals surface area contributed by atoms with E-state index in [0.29, 0.717) is 25.1 Å². The lowest BCUT2D eigenvalue weighted by Crippen LogP contribution is -2.61. The molecular formula is C34H43F4N7O6. The molecule has 2 fully saturated rings. The summed E-state index contributed by atoms with van der Waals surface area (Å²) in [5.74, 6) is -3.00. The number of carbonyl (C=O) groups excluding carboxylic acids is 3. The largest absolute Gasteiger partial charge is 0.444 e. The summed E-state index contributed by atoms with van der Waals surface area (Å²) >= 11 is 0. The van der Waals surface area contributed by atoms with Crippen molar-refractivity contribution in [1.29, 1.82) is 0 Å². The van der Waals surface area contributed by atoms with Crippen molar-refractivity contribution in [2.24, 2.45) is 17.1 Å². The summed E-state index contributed by atoms with van der Waals surface area (Å²) in [6.45, 7) is 11.1. The monoisotopic (exact) mass is 721 g/mol. The number of hydrogen-bond acceptors (Lipinski definition) is 10. The maximum absolute atomic E-state index is 14.3. The molecule has 0 radical (unpaired) electrons. The molecular weight excluding hydrogens is 678 g/mol. The number of furan rings is 1. The third-order valence-electron chi connectivity index (χ3n) is 8.64. The minimum Gasteiger partial charge on any atom is -0.444 e. The second-order valence-corrected chi connectivity index (χ2v) is 15.0. The first-order chi connectivity index (χ1) is 23.7. The number of ether oxygens (including phenoxy) is 2. The highest BCUT2D eigenvalue weighted by Gasteiger charge is 2.52. The number of nitrogens with zero attached hydrogens (tertiary/aromatic N) is 4. The van der Waals surface area contributed by atoms with Gasteiger partial charge in [-0.15, -0.1) is 0 Å². The molecule has 0 saturated carbocycles. The number of carbonyl (C=O) groups is 3. The minimum absolute atomic E-state index is 0.0291. The summed E-state index contributed by atoms with van der Waals surface area (Å²) in [5, 5.41) is 5.20. The highest BCUT2D eigenvalue weighted by molar-refractivity contribution is 6.16. The van der Waals surface area contributed by atoms with Gasteiger partial charge in [0.15, 0.2) is 5.58 Å². The van der Waals surface area contributed by atoms with Crippen molar-refractivity contribution in [3.05, 3.63) is 41.9 Å². The molecule has 2 aliphatic rings. The summed E-state index contributed by atoms with van der Waals surface area (Å²) < 4.78 is 73.2. The van der Waals surface area contributed by atoms with Crippen LogP contribution in [0.15, 0.2) is 35.1 Å². The lowest BCUT2D eigenvalue weighted by atomic mass is 9.76. The van der Waals surface area contributed by atoms with Crippen molar-refractivity contribution in [3.63, 3.8) is 0 Å². The normalized spacial score (nSPS) is 21.8. The minimum atomic E-state index is -4.64. The second-order valence-electron chi connectivity index (χ2n) is 15.0. The summed E-state index contributed by atoms with van der Waals surface area (Å²) in [7, 11) is 0. The molecule has 4 atom stereocenters. The fourth-order valence-electron chi connectivity index (χ4n) is 6.71. The third kappa shape index (κ3) is 8.98. The third-order valence-corrected chi connectivity index (χ3v) is 8.64. The number of fused-ring (bicyclic) bond motifs is 1. The standard InChI is InChI=1S/C34H43F4N7O6/c1-32(2,3)27-24(50-30(39)47)12-19(34(36,37)38)16-45(27)22-7-9-40-14-21(22)42-28(46)25-26-23(49-29(25)43-31(48)51-33(4,5)6)11-18(13-41-26)15-44-10-8-20(35)17-44/h7,9,11,13-14,19-20,24,27H,8,10,12,15-17H2,1-6H3,(H2,39,47)(H,42,46)(H,43,48)/t19-,20-,24+,27?/m1/s1. The molecule has 1 unspecified atom stereocenters. The first-order valence-electron chi connectivity index (χ1n) is 16.5. The van der Waals surface area contributed by atoms with Crippen LogP contribution >= 0.6 is 0 Å². The number of likely N-dealkylation sites (tertiary alicyclic amines) is 1. The molecule has 0 aromatic carbocycles. The zero-order valence-electron chi connectivity index (χ0n) is 29.3. The Hall–Kier alpha value is -4.67. The average molecular weight is 722 g/mol. The lowest BCUT2D eigenvalue weighted by Gasteiger charge is -2.51. The fraction of sp³-hybridized carbons (Fsp3) is 0.559. The van der Waals surface area contributed by atoms with Gasteiger partial charge in [0.1, 0.15) is 29.0 Å². The van der Waals surface area contributed by atoms with E-state index in [0.717, 1.165) is 0 Å². The Morgan fingerprint density at radius 3 is 2.41 bits per heavy atom. The molecule has 3 amide bonds. The van der Waals surface area contributed by atoms with Crippen molar-refractivity contribution in [3.8, 4) is 0 Å². The Morgan fingerprint density at radius 2 is 1.80 bits per heavy atom. The second kappa shape index (κ2) is 14.2. The number of pyridine rings is 2. The van der Waals surface area contributed by atoms with E-state index >= 15 is 0 Å². The highest BCUT2D eigenvalue weighted by atomic mass is 19.4. The average Bonchev–Trinajstić information content (AvgIpc) is 3.56. The SMILES string of the molecule is CC(C)(C)OC(=O)Nc1oc2cc(CN3CC[C@@H](F)C3)cnc2c1C(=O)Nc1cnccc1N1C[C@H](C(F)(F)F)C[C@H](OC(N)=O)C1C(C)(C)C. The molecule has 4 N–H and O–H groups in total. The first kappa shape index (κ1) is 37.6. The lowest BCUT2D eigenvalue weighted by molar-refractivity contribution is -0.187. The smallest absolute Gasteiger partial charge is 0.414 e. The van der Waals surface area contributed by atoms with Gasteiger partial charge in [0, 0.05) is 38.6 Å². The van der Waals surface area contributed by atoms with E-state index < -0.39 is 72.5 Å². The molecule has 5 heterocycles. The van der Waals surface area contributed by atoms with Gasteiger partial charge in [-0.05, 0) is 56.7 Å². The van der Waals surface area contributed by atoms with Crippen molar-refractivity contribution in [2.75, 3.05) is 35.2 Å². The van der Waals surface area contributed by atoms with Gasteiger partial charge in [0.05, 0.1) is 29.5 Å². The predicted octanol–water partition coefficient (Wildman–Crippen LogP) is 6.63. The van der Waals surface area contributed by atoms with Gasteiger partial charge >= 0.3 is 18.4 Å². The van der Waals surface area contributed by atoms with E-state index in [1.54, 1.807) is 47.6 Å². The van der Waals surface area contributed by atoms with Crippen LogP contribution in [0.4, 0.5) is 44.4 Å². The van der Waals surface area contributed by atoms with Crippen LogP contribution in [0.2, 0.25) is 0 Å². The fourth-order valence-corrected chi connectivity index (χ4v) is 6.71. The Kier molecular flexibility index (Phi) is 10.4. The zero-order chi connectivity index (χ0) is 37.5. The maximum atomic E-state index is 14.3. The highest BCUT2D eigenvalue weighted by Crippen LogP contribution is 2.45. The summed E-state index contributed by atoms with van der Waals surface area (Å²) in [4.78, 5) is 50.8. The van der Waals surface area contributed by atoms with Crippen LogP contribution in [0.3, 0.4) is 0 Å². The number of nitrogens with two attached hydrogens (primary N) is 1. The van der Waals surface area contributed by atoms with Crippen LogP contribution in [0.5, 0.6) is 0 Å². The topological polar surface area (TPSA) is 165 Å². The van der Waals surface area contributed by atoms with Crippen LogP contribution in [0.1, 0.15) is 70.3 Å². The van der Waals surface area contributed by atoms with Crippen molar-refractivity contribution in [1.82, 2.24) is 14.9 Å². The number of amides is 3. The van der Waals surface area contributed by atoms with E-state index in [1.165, 1.54) is 29.6 Å². The van der Waals surface area contributed by atoms with Crippen LogP contribution in [-0.2, 0) is 16.0 Å². The number of hydrogen-bond donors (Lipinski definition) is 3. The van der Waals surface area contributed by atoms with Crippen LogP contribution < -0.4 is 21.3 Å². The first-order valence-corrected chi connectivity index (χ1v) is 16.5. The Morgan fingerprint density at radius 1 is 1.08 bits per heavy atom. The molecule has 3 aromatic heterocycles. The Bertz CT molecular complexity index is 1770. The summed E-state index contributed by atoms with van der Waals surface area (Å²) in [6, 6.07) is 2.29. The van der Waals surface area contributed by atoms with Crippen molar-refractivity contribution < 1.29 is 45.8 Å². The number of nitrogens with one attached hydrogen (secondary N) is 2. The van der Waals surface area contributed by atoms with Crippen LogP contribution in [0, 0.1) is 11.3 Å². The predicted molar refractivity (Wildman–Crippen MR) is 180 cm³/mol. The molecule has 3 aromatic rings. The van der Waals surface area contributed by atoms with Crippen LogP contribution in [-0.4, -0.2) is 82.7 Å². The molecule has 2 aliphatic heterocycles. The maximum Gasteiger partial charge on any atom is 0.414 e. The number of primary amides is 1. The number of rotatable bonds is 7. The Balaban J connectivity index is 1.54. The molecule has 13 nitrogen and oxygen atoms in total. The van der Waals surface area contributed by atoms with Gasteiger partial charge in [0.2, 0.25) is 5.88 Å². The number of aromatic nitrogens is 2. The number of piperidine rings is 1. The molecule has 51 heavy (non-hydrogen) atoms. The van der Waals surface area contributed by atoms with Gasteiger partial charge < -0.3 is 29.8 Å². The van der Waals surface area contributed by atoms with Crippen molar-refractivity contribution >= 4 is 46.5 Å². The quantitative estimate of drug-likeness (QED) is 0.226. The van der Waals surface area contributed by atoms with E-state index in [2.05, 4.69) is 20.6 Å². The van der Waals surface area contributed by atoms with Gasteiger partial charge in [-0.3, -0.25) is 25.0 Å². The zero-order valence-corrected chi connectivity index (χ0v) is 29.3. The molecule has 17 heteroatoms. The molecule has 0 spiro atoms. The molecule has 5 rings (SSSR count). The van der Waals surface area contributed by atoms with Gasteiger partial charge in [-0.1, -0.05) is 20.8 Å². The van der Waals surface area contributed by atoms with E-state index in [1.807, 2.05) is 4.90 Å². The van der Waals surface area contributed by atoms with E-state index in [-0.39, 0.29) is 40.5 Å². The summed E-state index contributed by atoms with van der Waals surface area (Å²) in [5.41, 5.74) is 4.60. The van der Waals surface area contributed by atoms with Crippen molar-refractivity contribution in [2.45, 2.75) is 91.0 Å². The number of anilines is 3. The number of halogens is 4. The van der Waals surface area contributed by atoms with E-state index in [9.17, 15) is 31.9 Å². The molecule has 278 valence electrons. The summed E-state index contributed by atoms with van der Waals surface area (Å²) in [6.07, 6.45) is -4.84. The molecule has 0 bridgehead atoms. The molecule has 0 aliphatic carbocycles. The van der Waals surface area contributed by atoms with Gasteiger partial charge in [-0.2, -0.15) is 13.2 Å².